The monoisotopic (exact) mass is 228 g/mol. The van der Waals surface area contributed by atoms with Gasteiger partial charge < -0.3 is 0 Å². The third-order valence-electron chi connectivity index (χ3n) is 2.42. The maximum Gasteiger partial charge on any atom is 0.0406 e. The van der Waals surface area contributed by atoms with E-state index >= 15 is 0 Å². The number of halogens is 1. The SMILES string of the molecule is Cc1ccc(/C=C/c2ccc(Cl)cc2)cc1. The first kappa shape index (κ1) is 11.0. The Bertz CT molecular complexity index is 430. The average molecular weight is 229 g/mol. The first-order chi connectivity index (χ1) is 7.74. The summed E-state index contributed by atoms with van der Waals surface area (Å²) >= 11 is 5.82. The quantitative estimate of drug-likeness (QED) is 0.647. The van der Waals surface area contributed by atoms with Crippen molar-refractivity contribution in [3.05, 3.63) is 70.2 Å². The van der Waals surface area contributed by atoms with Gasteiger partial charge in [0.2, 0.25) is 0 Å². The molecule has 0 aliphatic heterocycles. The van der Waals surface area contributed by atoms with E-state index in [1.54, 1.807) is 0 Å². The van der Waals surface area contributed by atoms with E-state index < -0.39 is 0 Å². The van der Waals surface area contributed by atoms with Gasteiger partial charge in [0.25, 0.3) is 0 Å². The van der Waals surface area contributed by atoms with Crippen LogP contribution in [0.5, 0.6) is 0 Å². The van der Waals surface area contributed by atoms with Gasteiger partial charge in [0.15, 0.2) is 0 Å². The molecule has 0 unspecified atom stereocenters. The highest BCUT2D eigenvalue weighted by Crippen LogP contribution is 2.13. The fraction of sp³-hybridized carbons (Fsp3) is 0.0667. The predicted molar refractivity (Wildman–Crippen MR) is 71.6 cm³/mol. The van der Waals surface area contributed by atoms with Gasteiger partial charge in [-0.15, -0.1) is 0 Å². The summed E-state index contributed by atoms with van der Waals surface area (Å²) in [6.07, 6.45) is 4.18. The fourth-order valence-electron chi connectivity index (χ4n) is 1.44. The molecule has 2 aromatic carbocycles. The van der Waals surface area contributed by atoms with E-state index in [0.29, 0.717) is 0 Å². The van der Waals surface area contributed by atoms with Crippen molar-refractivity contribution in [2.45, 2.75) is 6.92 Å². The van der Waals surface area contributed by atoms with Gasteiger partial charge in [-0.3, -0.25) is 0 Å². The molecule has 0 bridgehead atoms. The normalized spacial score (nSPS) is 10.9. The van der Waals surface area contributed by atoms with E-state index in [0.717, 1.165) is 10.6 Å². The minimum atomic E-state index is 0.771. The summed E-state index contributed by atoms with van der Waals surface area (Å²) < 4.78 is 0. The van der Waals surface area contributed by atoms with Crippen molar-refractivity contribution in [1.82, 2.24) is 0 Å². The van der Waals surface area contributed by atoms with Crippen LogP contribution in [0.25, 0.3) is 12.2 Å². The van der Waals surface area contributed by atoms with Crippen LogP contribution >= 0.6 is 11.6 Å². The van der Waals surface area contributed by atoms with Crippen LogP contribution in [0.2, 0.25) is 5.02 Å². The summed E-state index contributed by atoms with van der Waals surface area (Å²) in [4.78, 5) is 0. The Morgan fingerprint density at radius 1 is 0.750 bits per heavy atom. The summed E-state index contributed by atoms with van der Waals surface area (Å²) in [5.41, 5.74) is 3.65. The van der Waals surface area contributed by atoms with E-state index in [1.165, 1.54) is 11.1 Å². The van der Waals surface area contributed by atoms with Crippen LogP contribution in [0.15, 0.2) is 48.5 Å². The highest BCUT2D eigenvalue weighted by Gasteiger charge is 1.89. The molecule has 0 aromatic heterocycles. The molecule has 0 atom stereocenters. The molecule has 2 rings (SSSR count). The van der Waals surface area contributed by atoms with Crippen LogP contribution in [0, 0.1) is 6.92 Å². The van der Waals surface area contributed by atoms with Gasteiger partial charge >= 0.3 is 0 Å². The second kappa shape index (κ2) is 5.00. The van der Waals surface area contributed by atoms with Crippen molar-refractivity contribution in [3.8, 4) is 0 Å². The number of hydrogen-bond donors (Lipinski definition) is 0. The molecular formula is C15H13Cl. The lowest BCUT2D eigenvalue weighted by Crippen LogP contribution is -1.74. The molecule has 0 heterocycles. The van der Waals surface area contributed by atoms with Crippen molar-refractivity contribution >= 4 is 23.8 Å². The number of hydrogen-bond acceptors (Lipinski definition) is 0. The molecule has 0 aliphatic carbocycles. The highest BCUT2D eigenvalue weighted by atomic mass is 35.5. The third-order valence-corrected chi connectivity index (χ3v) is 2.67. The molecule has 0 nitrogen and oxygen atoms in total. The topological polar surface area (TPSA) is 0 Å². The smallest absolute Gasteiger partial charge is 0.0406 e. The minimum Gasteiger partial charge on any atom is -0.0843 e. The van der Waals surface area contributed by atoms with E-state index in [9.17, 15) is 0 Å². The van der Waals surface area contributed by atoms with Crippen molar-refractivity contribution in [3.63, 3.8) is 0 Å². The average Bonchev–Trinajstić information content (AvgIpc) is 2.30. The molecule has 2 aromatic rings. The van der Waals surface area contributed by atoms with Gasteiger partial charge in [0.05, 0.1) is 0 Å². The maximum absolute atomic E-state index is 5.82. The standard InChI is InChI=1S/C15H13Cl/c1-12-2-4-13(5-3-12)6-7-14-8-10-15(16)11-9-14/h2-11H,1H3/b7-6+. The molecule has 0 N–H and O–H groups in total. The maximum atomic E-state index is 5.82. The Morgan fingerprint density at radius 3 is 1.69 bits per heavy atom. The largest absolute Gasteiger partial charge is 0.0843 e. The summed E-state index contributed by atoms with van der Waals surface area (Å²) in [5, 5.41) is 0.771. The molecule has 0 fully saturated rings. The van der Waals surface area contributed by atoms with Gasteiger partial charge in [0, 0.05) is 5.02 Å². The Kier molecular flexibility index (Phi) is 3.43. The van der Waals surface area contributed by atoms with Crippen LogP contribution in [0.1, 0.15) is 16.7 Å². The summed E-state index contributed by atoms with van der Waals surface area (Å²) in [5.74, 6) is 0. The summed E-state index contributed by atoms with van der Waals surface area (Å²) in [6, 6.07) is 16.3. The molecule has 16 heavy (non-hydrogen) atoms. The van der Waals surface area contributed by atoms with Gasteiger partial charge in [-0.2, -0.15) is 0 Å². The van der Waals surface area contributed by atoms with Crippen molar-refractivity contribution in [2.75, 3.05) is 0 Å². The highest BCUT2D eigenvalue weighted by molar-refractivity contribution is 6.30. The van der Waals surface area contributed by atoms with Crippen LogP contribution in [-0.2, 0) is 0 Å². The zero-order chi connectivity index (χ0) is 11.4. The molecule has 80 valence electrons. The summed E-state index contributed by atoms with van der Waals surface area (Å²) in [6.45, 7) is 2.09. The van der Waals surface area contributed by atoms with Crippen molar-refractivity contribution in [1.29, 1.82) is 0 Å². The van der Waals surface area contributed by atoms with E-state index in [2.05, 4.69) is 43.3 Å². The molecule has 0 spiro atoms. The third kappa shape index (κ3) is 2.98. The van der Waals surface area contributed by atoms with E-state index in [1.807, 2.05) is 24.3 Å². The number of aryl methyl sites for hydroxylation is 1. The molecule has 0 amide bonds. The number of benzene rings is 2. The Labute approximate surface area is 101 Å². The molecular weight excluding hydrogens is 216 g/mol. The first-order valence-corrected chi connectivity index (χ1v) is 5.62. The Hall–Kier alpha value is -1.53. The van der Waals surface area contributed by atoms with E-state index in [4.69, 9.17) is 11.6 Å². The lowest BCUT2D eigenvalue weighted by atomic mass is 10.1. The van der Waals surface area contributed by atoms with E-state index in [-0.39, 0.29) is 0 Å². The summed E-state index contributed by atoms with van der Waals surface area (Å²) in [7, 11) is 0. The number of rotatable bonds is 2. The second-order valence-electron chi connectivity index (χ2n) is 3.80. The van der Waals surface area contributed by atoms with Crippen molar-refractivity contribution < 1.29 is 0 Å². The lowest BCUT2D eigenvalue weighted by molar-refractivity contribution is 1.46. The van der Waals surface area contributed by atoms with Crippen molar-refractivity contribution in [2.24, 2.45) is 0 Å². The molecule has 0 saturated heterocycles. The zero-order valence-electron chi connectivity index (χ0n) is 9.15. The minimum absolute atomic E-state index is 0.771. The fourth-order valence-corrected chi connectivity index (χ4v) is 1.57. The lowest BCUT2D eigenvalue weighted by Gasteiger charge is -1.96. The van der Waals surface area contributed by atoms with Crippen LogP contribution in [-0.4, -0.2) is 0 Å². The van der Waals surface area contributed by atoms with Crippen LogP contribution < -0.4 is 0 Å². The zero-order valence-corrected chi connectivity index (χ0v) is 9.91. The van der Waals surface area contributed by atoms with Crippen LogP contribution in [0.4, 0.5) is 0 Å². The first-order valence-electron chi connectivity index (χ1n) is 5.24. The van der Waals surface area contributed by atoms with Gasteiger partial charge in [-0.05, 0) is 30.2 Å². The van der Waals surface area contributed by atoms with Gasteiger partial charge in [-0.1, -0.05) is 65.7 Å². The Morgan fingerprint density at radius 2 is 1.19 bits per heavy atom. The Balaban J connectivity index is 2.15. The van der Waals surface area contributed by atoms with Crippen LogP contribution in [0.3, 0.4) is 0 Å². The predicted octanol–water partition coefficient (Wildman–Crippen LogP) is 4.82. The molecule has 0 radical (unpaired) electrons. The van der Waals surface area contributed by atoms with Gasteiger partial charge in [0.1, 0.15) is 0 Å². The molecule has 1 heteroatoms. The van der Waals surface area contributed by atoms with Gasteiger partial charge in [-0.25, -0.2) is 0 Å². The molecule has 0 saturated carbocycles. The second-order valence-corrected chi connectivity index (χ2v) is 4.23. The molecule has 0 aliphatic rings.